The molecule has 3 rings (SSSR count). The van der Waals surface area contributed by atoms with Crippen LogP contribution >= 0.6 is 0 Å². The number of sulfonamides is 1. The third-order valence-corrected chi connectivity index (χ3v) is 4.87. The first-order valence-electron chi connectivity index (χ1n) is 7.48. The van der Waals surface area contributed by atoms with Crippen LogP contribution in [0.1, 0.15) is 16.9 Å². The van der Waals surface area contributed by atoms with Gasteiger partial charge in [0, 0.05) is 0 Å². The van der Waals surface area contributed by atoms with Gasteiger partial charge in [0.25, 0.3) is 0 Å². The summed E-state index contributed by atoms with van der Waals surface area (Å²) in [7, 11) is -3.74. The third kappa shape index (κ3) is 4.55. The molecule has 9 heteroatoms. The van der Waals surface area contributed by atoms with Gasteiger partial charge >= 0.3 is 6.18 Å². The molecule has 0 saturated carbocycles. The Labute approximate surface area is 147 Å². The van der Waals surface area contributed by atoms with Gasteiger partial charge in [-0.25, -0.2) is 13.1 Å². The van der Waals surface area contributed by atoms with Crippen LogP contribution in [0.2, 0.25) is 0 Å². The molecule has 0 amide bonds. The predicted octanol–water partition coefficient (Wildman–Crippen LogP) is 4.18. The molecule has 3 aromatic rings. The highest BCUT2D eigenvalue weighted by atomic mass is 32.2. The van der Waals surface area contributed by atoms with Crippen molar-refractivity contribution in [3.8, 4) is 11.3 Å². The fourth-order valence-electron chi connectivity index (χ4n) is 2.27. The zero-order valence-electron chi connectivity index (χ0n) is 13.3. The number of rotatable bonds is 6. The summed E-state index contributed by atoms with van der Waals surface area (Å²) < 4.78 is 74.6. The quantitative estimate of drug-likeness (QED) is 0.691. The van der Waals surface area contributed by atoms with Crippen LogP contribution in [0, 0.1) is 0 Å². The summed E-state index contributed by atoms with van der Waals surface area (Å²) in [6.45, 7) is -0.0686. The van der Waals surface area contributed by atoms with Crippen LogP contribution in [0.3, 0.4) is 0 Å². The molecule has 0 unspecified atom stereocenters. The van der Waals surface area contributed by atoms with E-state index in [1.165, 1.54) is 12.5 Å². The average Bonchev–Trinajstić information content (AvgIpc) is 3.24. The lowest BCUT2D eigenvalue weighted by Crippen LogP contribution is -2.24. The first-order valence-corrected chi connectivity index (χ1v) is 9.13. The highest BCUT2D eigenvalue weighted by Gasteiger charge is 2.30. The smallest absolute Gasteiger partial charge is 0.416 e. The predicted molar refractivity (Wildman–Crippen MR) is 87.3 cm³/mol. The SMILES string of the molecule is O=S(=O)(Cc1ccc(C(F)(F)F)cc1)NCc1ccc(-c2ccoc2)o1. The van der Waals surface area contributed by atoms with Crippen molar-refractivity contribution in [3.05, 3.63) is 71.9 Å². The Morgan fingerprint density at radius 1 is 1.00 bits per heavy atom. The van der Waals surface area contributed by atoms with Gasteiger partial charge in [0.2, 0.25) is 10.0 Å². The molecule has 2 heterocycles. The summed E-state index contributed by atoms with van der Waals surface area (Å²) in [6, 6.07) is 9.02. The van der Waals surface area contributed by atoms with E-state index in [0.717, 1.165) is 29.8 Å². The van der Waals surface area contributed by atoms with Crippen molar-refractivity contribution in [2.75, 3.05) is 0 Å². The maximum Gasteiger partial charge on any atom is 0.416 e. The maximum atomic E-state index is 12.5. The zero-order chi connectivity index (χ0) is 18.8. The van der Waals surface area contributed by atoms with E-state index in [1.54, 1.807) is 18.2 Å². The minimum atomic E-state index is -4.46. The van der Waals surface area contributed by atoms with Gasteiger partial charge in [-0.15, -0.1) is 0 Å². The van der Waals surface area contributed by atoms with E-state index >= 15 is 0 Å². The molecule has 0 saturated heterocycles. The van der Waals surface area contributed by atoms with Crippen LogP contribution in [0.5, 0.6) is 0 Å². The number of alkyl halides is 3. The molecule has 1 aromatic carbocycles. The molecule has 0 bridgehead atoms. The Bertz CT molecular complexity index is 958. The van der Waals surface area contributed by atoms with Gasteiger partial charge in [-0.3, -0.25) is 0 Å². The molecule has 0 atom stereocenters. The molecule has 138 valence electrons. The van der Waals surface area contributed by atoms with Crippen LogP contribution in [-0.2, 0) is 28.5 Å². The standard InChI is InChI=1S/C17H14F3NO4S/c18-17(19,20)14-3-1-12(2-4-14)11-26(22,23)21-9-15-5-6-16(25-15)13-7-8-24-10-13/h1-8,10,21H,9,11H2. The van der Waals surface area contributed by atoms with Gasteiger partial charge in [0.15, 0.2) is 0 Å². The Morgan fingerprint density at radius 2 is 1.73 bits per heavy atom. The number of nitrogens with one attached hydrogen (secondary N) is 1. The van der Waals surface area contributed by atoms with E-state index in [2.05, 4.69) is 4.72 Å². The Balaban J connectivity index is 1.61. The highest BCUT2D eigenvalue weighted by molar-refractivity contribution is 7.88. The summed E-state index contributed by atoms with van der Waals surface area (Å²) in [5.41, 5.74) is 0.155. The van der Waals surface area contributed by atoms with Crippen molar-refractivity contribution in [3.63, 3.8) is 0 Å². The normalized spacial score (nSPS) is 12.4. The van der Waals surface area contributed by atoms with Crippen LogP contribution in [-0.4, -0.2) is 8.42 Å². The monoisotopic (exact) mass is 385 g/mol. The average molecular weight is 385 g/mol. The lowest BCUT2D eigenvalue weighted by molar-refractivity contribution is -0.137. The second-order valence-electron chi connectivity index (χ2n) is 5.55. The largest absolute Gasteiger partial charge is 0.472 e. The summed E-state index contributed by atoms with van der Waals surface area (Å²) in [5.74, 6) is 0.508. The summed E-state index contributed by atoms with van der Waals surface area (Å²) in [4.78, 5) is 0. The maximum absolute atomic E-state index is 12.5. The Kier molecular flexibility index (Phi) is 4.92. The van der Waals surface area contributed by atoms with Crippen molar-refractivity contribution in [2.45, 2.75) is 18.5 Å². The molecule has 2 aromatic heterocycles. The minimum Gasteiger partial charge on any atom is -0.472 e. The molecule has 0 radical (unpaired) electrons. The van der Waals surface area contributed by atoms with E-state index in [0.29, 0.717) is 11.5 Å². The van der Waals surface area contributed by atoms with Crippen LogP contribution in [0.15, 0.2) is 63.8 Å². The molecule has 26 heavy (non-hydrogen) atoms. The van der Waals surface area contributed by atoms with Gasteiger partial charge in [-0.1, -0.05) is 12.1 Å². The van der Waals surface area contributed by atoms with E-state index < -0.39 is 27.5 Å². The van der Waals surface area contributed by atoms with Crippen LogP contribution < -0.4 is 4.72 Å². The Hall–Kier alpha value is -2.52. The van der Waals surface area contributed by atoms with Gasteiger partial charge < -0.3 is 8.83 Å². The number of benzene rings is 1. The lowest BCUT2D eigenvalue weighted by atomic mass is 10.1. The van der Waals surface area contributed by atoms with E-state index in [4.69, 9.17) is 8.83 Å². The summed E-state index contributed by atoms with van der Waals surface area (Å²) >= 11 is 0. The van der Waals surface area contributed by atoms with Crippen LogP contribution in [0.25, 0.3) is 11.3 Å². The van der Waals surface area contributed by atoms with Gasteiger partial charge in [0.05, 0.1) is 29.7 Å². The number of hydrogen-bond donors (Lipinski definition) is 1. The van der Waals surface area contributed by atoms with Crippen molar-refractivity contribution >= 4 is 10.0 Å². The number of halogens is 3. The van der Waals surface area contributed by atoms with Crippen molar-refractivity contribution < 1.29 is 30.4 Å². The molecule has 1 N–H and O–H groups in total. The zero-order valence-corrected chi connectivity index (χ0v) is 14.1. The summed E-state index contributed by atoms with van der Waals surface area (Å²) in [5, 5.41) is 0. The molecular weight excluding hydrogens is 371 g/mol. The Morgan fingerprint density at radius 3 is 2.35 bits per heavy atom. The molecule has 0 aliphatic rings. The molecule has 5 nitrogen and oxygen atoms in total. The van der Waals surface area contributed by atoms with Crippen molar-refractivity contribution in [1.82, 2.24) is 4.72 Å². The second kappa shape index (κ2) is 7.00. The summed E-state index contributed by atoms with van der Waals surface area (Å²) in [6.07, 6.45) is -1.47. The number of hydrogen-bond acceptors (Lipinski definition) is 4. The van der Waals surface area contributed by atoms with Gasteiger partial charge in [-0.2, -0.15) is 13.2 Å². The van der Waals surface area contributed by atoms with Crippen molar-refractivity contribution in [2.24, 2.45) is 0 Å². The highest BCUT2D eigenvalue weighted by Crippen LogP contribution is 2.29. The third-order valence-electron chi connectivity index (χ3n) is 3.57. The fourth-order valence-corrected chi connectivity index (χ4v) is 3.37. The minimum absolute atomic E-state index is 0.0686. The van der Waals surface area contributed by atoms with E-state index in [1.807, 2.05) is 0 Å². The molecular formula is C17H14F3NO4S. The first kappa shape index (κ1) is 18.3. The molecule has 0 spiro atoms. The van der Waals surface area contributed by atoms with E-state index in [9.17, 15) is 21.6 Å². The topological polar surface area (TPSA) is 72.5 Å². The van der Waals surface area contributed by atoms with Crippen molar-refractivity contribution in [1.29, 1.82) is 0 Å². The fraction of sp³-hybridized carbons (Fsp3) is 0.176. The van der Waals surface area contributed by atoms with Gasteiger partial charge in [0.1, 0.15) is 17.8 Å². The van der Waals surface area contributed by atoms with Crippen LogP contribution in [0.4, 0.5) is 13.2 Å². The molecule has 0 aliphatic heterocycles. The van der Waals surface area contributed by atoms with E-state index in [-0.39, 0.29) is 12.1 Å². The second-order valence-corrected chi connectivity index (χ2v) is 7.36. The molecule has 0 aliphatic carbocycles. The number of furan rings is 2. The molecule has 0 fully saturated rings. The first-order chi connectivity index (χ1) is 12.2. The lowest BCUT2D eigenvalue weighted by Gasteiger charge is -2.08. The van der Waals surface area contributed by atoms with Gasteiger partial charge in [-0.05, 0) is 35.9 Å².